The van der Waals surface area contributed by atoms with Crippen molar-refractivity contribution in [1.82, 2.24) is 5.32 Å². The molecule has 0 unspecified atom stereocenters. The SMILES string of the molecule is CC[C@H](C)[C@H](NC(=O)OC)C(=O)F. The van der Waals surface area contributed by atoms with Gasteiger partial charge in [0, 0.05) is 0 Å². The van der Waals surface area contributed by atoms with Crippen LogP contribution in [-0.4, -0.2) is 25.3 Å². The van der Waals surface area contributed by atoms with Crippen molar-refractivity contribution in [2.24, 2.45) is 5.92 Å². The van der Waals surface area contributed by atoms with E-state index in [1.807, 2.05) is 0 Å². The van der Waals surface area contributed by atoms with Crippen LogP contribution in [0.1, 0.15) is 20.3 Å². The first kappa shape index (κ1) is 11.9. The lowest BCUT2D eigenvalue weighted by molar-refractivity contribution is -0.132. The van der Waals surface area contributed by atoms with E-state index in [0.29, 0.717) is 6.42 Å². The minimum atomic E-state index is -1.54. The zero-order valence-corrected chi connectivity index (χ0v) is 7.96. The van der Waals surface area contributed by atoms with Crippen LogP contribution in [0.4, 0.5) is 9.18 Å². The molecular weight excluding hydrogens is 177 g/mol. The first-order valence-electron chi connectivity index (χ1n) is 4.06. The maximum Gasteiger partial charge on any atom is 0.407 e. The van der Waals surface area contributed by atoms with Gasteiger partial charge in [-0.05, 0) is 5.92 Å². The van der Waals surface area contributed by atoms with Gasteiger partial charge in [-0.3, -0.25) is 4.79 Å². The summed E-state index contributed by atoms with van der Waals surface area (Å²) in [7, 11) is 1.16. The summed E-state index contributed by atoms with van der Waals surface area (Å²) in [4.78, 5) is 21.2. The molecule has 0 fully saturated rings. The Morgan fingerprint density at radius 1 is 1.54 bits per heavy atom. The van der Waals surface area contributed by atoms with Gasteiger partial charge in [-0.1, -0.05) is 20.3 Å². The smallest absolute Gasteiger partial charge is 0.407 e. The molecule has 13 heavy (non-hydrogen) atoms. The number of hydrogen-bond donors (Lipinski definition) is 1. The van der Waals surface area contributed by atoms with Gasteiger partial charge in [-0.25, -0.2) is 4.79 Å². The van der Waals surface area contributed by atoms with Crippen LogP contribution in [0.3, 0.4) is 0 Å². The Balaban J connectivity index is 4.26. The van der Waals surface area contributed by atoms with Crippen molar-refractivity contribution >= 4 is 12.1 Å². The number of alkyl carbamates (subject to hydrolysis) is 1. The number of hydrogen-bond acceptors (Lipinski definition) is 3. The first-order valence-corrected chi connectivity index (χ1v) is 4.06. The minimum Gasteiger partial charge on any atom is -0.453 e. The van der Waals surface area contributed by atoms with E-state index in [-0.39, 0.29) is 5.92 Å². The maximum absolute atomic E-state index is 12.4. The van der Waals surface area contributed by atoms with E-state index in [0.717, 1.165) is 7.11 Å². The monoisotopic (exact) mass is 191 g/mol. The van der Waals surface area contributed by atoms with Crippen LogP contribution in [0, 0.1) is 5.92 Å². The summed E-state index contributed by atoms with van der Waals surface area (Å²) in [6, 6.07) is -2.64. The lowest BCUT2D eigenvalue weighted by Crippen LogP contribution is -2.43. The van der Waals surface area contributed by atoms with E-state index in [1.54, 1.807) is 13.8 Å². The van der Waals surface area contributed by atoms with E-state index >= 15 is 0 Å². The third-order valence-corrected chi connectivity index (χ3v) is 1.92. The molecule has 0 aliphatic rings. The number of amides is 1. The van der Waals surface area contributed by atoms with Crippen LogP contribution in [0.5, 0.6) is 0 Å². The Morgan fingerprint density at radius 3 is 2.38 bits per heavy atom. The zero-order valence-electron chi connectivity index (χ0n) is 7.96. The van der Waals surface area contributed by atoms with Gasteiger partial charge in [0.15, 0.2) is 0 Å². The Hall–Kier alpha value is -1.13. The molecule has 0 bridgehead atoms. The van der Waals surface area contributed by atoms with Crippen LogP contribution >= 0.6 is 0 Å². The van der Waals surface area contributed by atoms with Crippen LogP contribution in [0.2, 0.25) is 0 Å². The molecule has 0 aliphatic carbocycles. The molecular formula is C8H14FNO3. The second-order valence-corrected chi connectivity index (χ2v) is 2.80. The van der Waals surface area contributed by atoms with Crippen molar-refractivity contribution in [3.05, 3.63) is 0 Å². The standard InChI is InChI=1S/C8H14FNO3/c1-4-5(2)6(7(9)11)10-8(12)13-3/h5-6H,4H2,1-3H3,(H,10,12)/t5-,6-/m0/s1. The van der Waals surface area contributed by atoms with Gasteiger partial charge in [-0.15, -0.1) is 0 Å². The highest BCUT2D eigenvalue weighted by atomic mass is 19.1. The predicted octanol–water partition coefficient (Wildman–Crippen LogP) is 1.25. The first-order chi connectivity index (χ1) is 6.02. The molecule has 5 heteroatoms. The average Bonchev–Trinajstić information content (AvgIpc) is 2.11. The van der Waals surface area contributed by atoms with Gasteiger partial charge in [0.1, 0.15) is 6.04 Å². The summed E-state index contributed by atoms with van der Waals surface area (Å²) in [6.07, 6.45) is -0.194. The highest BCUT2D eigenvalue weighted by molar-refractivity contribution is 5.80. The maximum atomic E-state index is 12.4. The molecule has 1 N–H and O–H groups in total. The van der Waals surface area contributed by atoms with Gasteiger partial charge in [-0.2, -0.15) is 4.39 Å². The van der Waals surface area contributed by atoms with Crippen LogP contribution in [-0.2, 0) is 9.53 Å². The average molecular weight is 191 g/mol. The summed E-state index contributed by atoms with van der Waals surface area (Å²) < 4.78 is 16.6. The fraction of sp³-hybridized carbons (Fsp3) is 0.750. The molecule has 0 saturated heterocycles. The molecule has 76 valence electrons. The number of halogens is 1. The van der Waals surface area contributed by atoms with Gasteiger partial charge in [0.2, 0.25) is 0 Å². The molecule has 0 aliphatic heterocycles. The van der Waals surface area contributed by atoms with Crippen molar-refractivity contribution in [2.75, 3.05) is 7.11 Å². The van der Waals surface area contributed by atoms with Crippen molar-refractivity contribution in [3.63, 3.8) is 0 Å². The molecule has 0 rings (SSSR count). The molecule has 0 aromatic rings. The minimum absolute atomic E-state index is 0.239. The van der Waals surface area contributed by atoms with E-state index in [1.165, 1.54) is 0 Å². The Morgan fingerprint density at radius 2 is 2.08 bits per heavy atom. The lowest BCUT2D eigenvalue weighted by atomic mass is 10.0. The highest BCUT2D eigenvalue weighted by Crippen LogP contribution is 2.09. The molecule has 0 radical (unpaired) electrons. The molecule has 0 spiro atoms. The van der Waals surface area contributed by atoms with Gasteiger partial charge >= 0.3 is 12.1 Å². The topological polar surface area (TPSA) is 55.4 Å². The van der Waals surface area contributed by atoms with Gasteiger partial charge < -0.3 is 10.1 Å². The summed E-state index contributed by atoms with van der Waals surface area (Å²) in [5, 5.41) is 2.13. The van der Waals surface area contributed by atoms with Crippen LogP contribution < -0.4 is 5.32 Å². The summed E-state index contributed by atoms with van der Waals surface area (Å²) >= 11 is 0. The van der Waals surface area contributed by atoms with Crippen molar-refractivity contribution in [1.29, 1.82) is 0 Å². The Labute approximate surface area is 76.4 Å². The quantitative estimate of drug-likeness (QED) is 0.680. The number of methoxy groups -OCH3 is 1. The molecule has 4 nitrogen and oxygen atoms in total. The third-order valence-electron chi connectivity index (χ3n) is 1.92. The van der Waals surface area contributed by atoms with Crippen molar-refractivity contribution in [2.45, 2.75) is 26.3 Å². The van der Waals surface area contributed by atoms with E-state index in [9.17, 15) is 14.0 Å². The molecule has 1 amide bonds. The Kier molecular flexibility index (Phi) is 5.03. The normalized spacial score (nSPS) is 14.5. The summed E-state index contributed by atoms with van der Waals surface area (Å²) in [5.41, 5.74) is 0. The molecule has 0 aromatic carbocycles. The zero-order chi connectivity index (χ0) is 10.4. The third kappa shape index (κ3) is 3.87. The highest BCUT2D eigenvalue weighted by Gasteiger charge is 2.25. The number of carbonyl (C=O) groups is 2. The summed E-state index contributed by atoms with van der Waals surface area (Å²) in [5.74, 6) is -0.239. The molecule has 2 atom stereocenters. The second kappa shape index (κ2) is 5.50. The van der Waals surface area contributed by atoms with Crippen LogP contribution in [0.25, 0.3) is 0 Å². The van der Waals surface area contributed by atoms with E-state index < -0.39 is 18.2 Å². The predicted molar refractivity (Wildman–Crippen MR) is 44.9 cm³/mol. The Bertz CT molecular complexity index is 196. The molecule has 0 aromatic heterocycles. The van der Waals surface area contributed by atoms with E-state index in [4.69, 9.17) is 0 Å². The lowest BCUT2D eigenvalue weighted by Gasteiger charge is -2.18. The van der Waals surface area contributed by atoms with Crippen LogP contribution in [0.15, 0.2) is 0 Å². The van der Waals surface area contributed by atoms with Crippen molar-refractivity contribution in [3.8, 4) is 0 Å². The number of nitrogens with one attached hydrogen (secondary N) is 1. The number of carbonyl (C=O) groups excluding carboxylic acids is 2. The molecule has 0 saturated carbocycles. The van der Waals surface area contributed by atoms with E-state index in [2.05, 4.69) is 10.1 Å². The number of rotatable bonds is 4. The largest absolute Gasteiger partial charge is 0.453 e. The fourth-order valence-corrected chi connectivity index (χ4v) is 0.844. The number of ether oxygens (including phenoxy) is 1. The summed E-state index contributed by atoms with van der Waals surface area (Å²) in [6.45, 7) is 3.48. The fourth-order valence-electron chi connectivity index (χ4n) is 0.844. The molecule has 0 heterocycles. The second-order valence-electron chi connectivity index (χ2n) is 2.80. The van der Waals surface area contributed by atoms with Gasteiger partial charge in [0.25, 0.3) is 0 Å². The van der Waals surface area contributed by atoms with Gasteiger partial charge in [0.05, 0.1) is 7.11 Å². The van der Waals surface area contributed by atoms with Crippen molar-refractivity contribution < 1.29 is 18.7 Å².